The summed E-state index contributed by atoms with van der Waals surface area (Å²) in [7, 11) is -0.914. The lowest BCUT2D eigenvalue weighted by Crippen LogP contribution is -2.31. The molecule has 0 spiro atoms. The van der Waals surface area contributed by atoms with Gasteiger partial charge in [0.1, 0.15) is 5.00 Å². The fourth-order valence-corrected chi connectivity index (χ4v) is 2.50. The Labute approximate surface area is 117 Å². The molecule has 106 valence electrons. The van der Waals surface area contributed by atoms with Crippen LogP contribution in [0.3, 0.4) is 0 Å². The molecule has 0 bridgehead atoms. The quantitative estimate of drug-likeness (QED) is 0.745. The molecule has 0 saturated heterocycles. The molecule has 2 atom stereocenters. The SMILES string of the molecule is CC(CCNC(=O)Nc1sccc1C(=O)O)S(C)=O. The molecule has 0 aliphatic carbocycles. The van der Waals surface area contributed by atoms with Gasteiger partial charge in [0.2, 0.25) is 0 Å². The maximum atomic E-state index is 11.6. The first-order valence-corrected chi connectivity index (χ1v) is 8.09. The largest absolute Gasteiger partial charge is 0.478 e. The van der Waals surface area contributed by atoms with E-state index in [2.05, 4.69) is 10.6 Å². The van der Waals surface area contributed by atoms with Crippen LogP contribution in [0.5, 0.6) is 0 Å². The van der Waals surface area contributed by atoms with Crippen LogP contribution in [-0.4, -0.2) is 39.4 Å². The topological polar surface area (TPSA) is 95.5 Å². The zero-order chi connectivity index (χ0) is 14.4. The first-order chi connectivity index (χ1) is 8.91. The summed E-state index contributed by atoms with van der Waals surface area (Å²) in [5, 5.41) is 15.9. The lowest BCUT2D eigenvalue weighted by molar-refractivity contribution is 0.0698. The van der Waals surface area contributed by atoms with Gasteiger partial charge in [-0.2, -0.15) is 0 Å². The lowest BCUT2D eigenvalue weighted by Gasteiger charge is -2.10. The van der Waals surface area contributed by atoms with Gasteiger partial charge in [-0.1, -0.05) is 6.92 Å². The minimum Gasteiger partial charge on any atom is -0.478 e. The van der Waals surface area contributed by atoms with E-state index in [1.54, 1.807) is 11.6 Å². The standard InChI is InChI=1S/C11H16N2O4S2/c1-7(19(2)17)3-5-12-11(16)13-9-8(10(14)15)4-6-18-9/h4,6-7H,3,5H2,1-2H3,(H,14,15)(H2,12,13,16). The number of hydrogen-bond donors (Lipinski definition) is 3. The van der Waals surface area contributed by atoms with Gasteiger partial charge < -0.3 is 10.4 Å². The fraction of sp³-hybridized carbons (Fsp3) is 0.455. The van der Waals surface area contributed by atoms with Gasteiger partial charge in [-0.25, -0.2) is 9.59 Å². The van der Waals surface area contributed by atoms with E-state index in [4.69, 9.17) is 5.11 Å². The van der Waals surface area contributed by atoms with E-state index in [0.717, 1.165) is 11.3 Å². The first-order valence-electron chi connectivity index (χ1n) is 5.59. The summed E-state index contributed by atoms with van der Waals surface area (Å²) in [4.78, 5) is 22.4. The van der Waals surface area contributed by atoms with Gasteiger partial charge in [-0.15, -0.1) is 11.3 Å². The number of carbonyl (C=O) groups is 2. The summed E-state index contributed by atoms with van der Waals surface area (Å²) in [5.41, 5.74) is 0.0724. The number of rotatable bonds is 6. The predicted molar refractivity (Wildman–Crippen MR) is 76.4 cm³/mol. The molecule has 1 aromatic rings. The molecule has 2 unspecified atom stereocenters. The maximum absolute atomic E-state index is 11.6. The summed E-state index contributed by atoms with van der Waals surface area (Å²) >= 11 is 1.15. The summed E-state index contributed by atoms with van der Waals surface area (Å²) in [6, 6.07) is 0.976. The summed E-state index contributed by atoms with van der Waals surface area (Å²) in [6.07, 6.45) is 2.22. The van der Waals surface area contributed by atoms with E-state index >= 15 is 0 Å². The summed E-state index contributed by atoms with van der Waals surface area (Å²) in [6.45, 7) is 2.23. The van der Waals surface area contributed by atoms with Crippen molar-refractivity contribution in [2.75, 3.05) is 18.1 Å². The third kappa shape index (κ3) is 4.99. The number of hydrogen-bond acceptors (Lipinski definition) is 4. The molecule has 0 aromatic carbocycles. The predicted octanol–water partition coefficient (Wildman–Crippen LogP) is 1.72. The number of anilines is 1. The third-order valence-corrected chi connectivity index (χ3v) is 4.72. The zero-order valence-electron chi connectivity index (χ0n) is 10.6. The van der Waals surface area contributed by atoms with Crippen LogP contribution in [0.1, 0.15) is 23.7 Å². The molecule has 1 rings (SSSR count). The van der Waals surface area contributed by atoms with E-state index < -0.39 is 22.8 Å². The molecule has 1 aromatic heterocycles. The maximum Gasteiger partial charge on any atom is 0.338 e. The van der Waals surface area contributed by atoms with Crippen molar-refractivity contribution < 1.29 is 18.9 Å². The molecular weight excluding hydrogens is 288 g/mol. The highest BCUT2D eigenvalue weighted by Gasteiger charge is 2.13. The van der Waals surface area contributed by atoms with Crippen LogP contribution in [0.25, 0.3) is 0 Å². The van der Waals surface area contributed by atoms with Gasteiger partial charge in [0.05, 0.1) is 5.56 Å². The molecule has 0 radical (unpaired) electrons. The third-order valence-electron chi connectivity index (χ3n) is 2.53. The van der Waals surface area contributed by atoms with Gasteiger partial charge in [-0.3, -0.25) is 9.53 Å². The minimum atomic E-state index is -1.08. The molecule has 0 aliphatic heterocycles. The zero-order valence-corrected chi connectivity index (χ0v) is 12.3. The van der Waals surface area contributed by atoms with Gasteiger partial charge in [0, 0.05) is 28.9 Å². The van der Waals surface area contributed by atoms with Crippen molar-refractivity contribution in [1.82, 2.24) is 5.32 Å². The molecule has 0 aliphatic rings. The van der Waals surface area contributed by atoms with Crippen LogP contribution < -0.4 is 10.6 Å². The van der Waals surface area contributed by atoms with E-state index in [9.17, 15) is 13.8 Å². The Morgan fingerprint density at radius 3 is 2.79 bits per heavy atom. The Hall–Kier alpha value is -1.41. The van der Waals surface area contributed by atoms with Crippen molar-refractivity contribution in [3.8, 4) is 0 Å². The average molecular weight is 304 g/mol. The molecule has 1 heterocycles. The van der Waals surface area contributed by atoms with Gasteiger partial charge >= 0.3 is 12.0 Å². The van der Waals surface area contributed by atoms with Crippen LogP contribution >= 0.6 is 11.3 Å². The van der Waals surface area contributed by atoms with Crippen LogP contribution in [0, 0.1) is 0 Å². The molecule has 0 saturated carbocycles. The van der Waals surface area contributed by atoms with E-state index in [1.165, 1.54) is 6.07 Å². The van der Waals surface area contributed by atoms with Gasteiger partial charge in [-0.05, 0) is 17.9 Å². The Bertz CT molecular complexity index is 487. The summed E-state index contributed by atoms with van der Waals surface area (Å²) < 4.78 is 11.1. The molecule has 2 amide bonds. The van der Waals surface area contributed by atoms with Crippen molar-refractivity contribution in [2.45, 2.75) is 18.6 Å². The normalized spacial score (nSPS) is 13.6. The average Bonchev–Trinajstić information content (AvgIpc) is 2.76. The Morgan fingerprint density at radius 1 is 1.53 bits per heavy atom. The molecule has 3 N–H and O–H groups in total. The number of carbonyl (C=O) groups excluding carboxylic acids is 1. The van der Waals surface area contributed by atoms with Crippen molar-refractivity contribution in [1.29, 1.82) is 0 Å². The smallest absolute Gasteiger partial charge is 0.338 e. The minimum absolute atomic E-state index is 0.0108. The van der Waals surface area contributed by atoms with Gasteiger partial charge in [0.25, 0.3) is 0 Å². The number of thiophene rings is 1. The van der Waals surface area contributed by atoms with Crippen molar-refractivity contribution in [3.05, 3.63) is 17.0 Å². The first kappa shape index (κ1) is 15.6. The second-order valence-corrected chi connectivity index (χ2v) is 6.67. The fourth-order valence-electron chi connectivity index (χ4n) is 1.28. The van der Waals surface area contributed by atoms with Crippen LogP contribution in [0.2, 0.25) is 0 Å². The number of nitrogens with one attached hydrogen (secondary N) is 2. The monoisotopic (exact) mass is 304 g/mol. The Balaban J connectivity index is 2.41. The van der Waals surface area contributed by atoms with E-state index in [-0.39, 0.29) is 10.8 Å². The Morgan fingerprint density at radius 2 is 2.21 bits per heavy atom. The van der Waals surface area contributed by atoms with Gasteiger partial charge in [0.15, 0.2) is 0 Å². The number of urea groups is 1. The van der Waals surface area contributed by atoms with Crippen LogP contribution in [0.4, 0.5) is 9.80 Å². The highest BCUT2D eigenvalue weighted by molar-refractivity contribution is 7.84. The highest BCUT2D eigenvalue weighted by atomic mass is 32.2. The van der Waals surface area contributed by atoms with Crippen LogP contribution in [0.15, 0.2) is 11.4 Å². The lowest BCUT2D eigenvalue weighted by atomic mass is 10.3. The summed E-state index contributed by atoms with van der Waals surface area (Å²) in [5.74, 6) is -1.08. The van der Waals surface area contributed by atoms with Crippen molar-refractivity contribution >= 4 is 39.1 Å². The highest BCUT2D eigenvalue weighted by Crippen LogP contribution is 2.22. The molecule has 0 fully saturated rings. The van der Waals surface area contributed by atoms with Crippen molar-refractivity contribution in [3.63, 3.8) is 0 Å². The van der Waals surface area contributed by atoms with Crippen LogP contribution in [-0.2, 0) is 10.8 Å². The number of carboxylic acids is 1. The Kier molecular flexibility index (Phi) is 5.97. The molecular formula is C11H16N2O4S2. The second-order valence-electron chi connectivity index (χ2n) is 3.95. The molecule has 8 heteroatoms. The van der Waals surface area contributed by atoms with E-state index in [0.29, 0.717) is 18.0 Å². The number of carboxylic acid groups (broad SMARTS) is 1. The second kappa shape index (κ2) is 7.25. The number of amides is 2. The van der Waals surface area contributed by atoms with E-state index in [1.807, 2.05) is 6.92 Å². The number of aromatic carboxylic acids is 1. The molecule has 19 heavy (non-hydrogen) atoms. The molecule has 6 nitrogen and oxygen atoms in total. The van der Waals surface area contributed by atoms with Crippen molar-refractivity contribution in [2.24, 2.45) is 0 Å².